The summed E-state index contributed by atoms with van der Waals surface area (Å²) in [4.78, 5) is 15.6. The Hall–Kier alpha value is -0.0951. The third-order valence-electron chi connectivity index (χ3n) is 47.0. The first-order valence-corrected chi connectivity index (χ1v) is 56.2. The predicted molar refractivity (Wildman–Crippen MR) is 479 cm³/mol. The summed E-state index contributed by atoms with van der Waals surface area (Å²) < 4.78 is 0. The zero-order chi connectivity index (χ0) is 75.3. The van der Waals surface area contributed by atoms with E-state index in [9.17, 15) is 0 Å². The highest BCUT2D eigenvalue weighted by molar-refractivity contribution is 6.65. The highest BCUT2D eigenvalue weighted by Gasteiger charge is 2.71. The number of rotatable bonds is 11. The summed E-state index contributed by atoms with van der Waals surface area (Å²) in [7, 11) is 0. The number of hydrogen-bond acceptors (Lipinski definition) is 4. The van der Waals surface area contributed by atoms with Gasteiger partial charge in [0.2, 0.25) is 0 Å². The lowest BCUT2D eigenvalue weighted by Crippen LogP contribution is -2.78. The van der Waals surface area contributed by atoms with Crippen molar-refractivity contribution in [3.8, 4) is 0 Å². The van der Waals surface area contributed by atoms with Gasteiger partial charge in [0.15, 0.2) is 6.71 Å². The number of nitrogens with zero attached hydrogens (tertiary/aromatic N) is 4. The minimum absolute atomic E-state index is 0.817. The van der Waals surface area contributed by atoms with Crippen LogP contribution in [0, 0.1) is 154 Å². The van der Waals surface area contributed by atoms with Crippen LogP contribution in [-0.2, 0) is 0 Å². The smallest absolute Gasteiger partial charge is 0.156 e. The van der Waals surface area contributed by atoms with Gasteiger partial charge < -0.3 is 0 Å². The van der Waals surface area contributed by atoms with E-state index in [2.05, 4.69) is 19.6 Å². The maximum atomic E-state index is 4.14. The average Bonchev–Trinajstić information content (AvgIpc) is 0.962. The predicted octanol–water partition coefficient (Wildman–Crippen LogP) is 28.5. The van der Waals surface area contributed by atoms with Crippen LogP contribution in [0.5, 0.6) is 0 Å². The molecular weight excluding hydrogens is 1390 g/mol. The Morgan fingerprint density at radius 2 is 0.478 bits per heavy atom. The summed E-state index contributed by atoms with van der Waals surface area (Å²) in [6.07, 6.45) is 111. The van der Waals surface area contributed by atoms with Crippen molar-refractivity contribution in [2.24, 2.45) is 154 Å². The summed E-state index contributed by atoms with van der Waals surface area (Å²) >= 11 is 0. The van der Waals surface area contributed by atoms with Crippen LogP contribution < -0.4 is 0 Å². The molecule has 115 heavy (non-hydrogen) atoms. The Bertz CT molecular complexity index is 3080. The van der Waals surface area contributed by atoms with E-state index in [1.165, 1.54) is 0 Å². The molecule has 0 bridgehead atoms. The summed E-state index contributed by atoms with van der Waals surface area (Å²) in [6.45, 7) is 0.987. The molecule has 24 rings (SSSR count). The molecule has 0 aromatic rings. The molecule has 4 aliphatic heterocycles. The lowest BCUT2D eigenvalue weighted by Gasteiger charge is -2.73. The van der Waals surface area contributed by atoms with Crippen LogP contribution in [0.15, 0.2) is 0 Å². The van der Waals surface area contributed by atoms with E-state index < -0.39 is 0 Å². The lowest BCUT2D eigenvalue weighted by atomic mass is 9.18. The molecule has 4 heterocycles. The second kappa shape index (κ2) is 33.9. The molecule has 4 saturated heterocycles. The highest BCUT2D eigenvalue weighted by atomic mass is 15.3. The van der Waals surface area contributed by atoms with Gasteiger partial charge in [-0.3, -0.25) is 19.6 Å². The van der Waals surface area contributed by atoms with Crippen molar-refractivity contribution in [3.63, 3.8) is 0 Å². The molecule has 20 saturated carbocycles. The fraction of sp³-hybridized carbons (Fsp3) is 1.00. The van der Waals surface area contributed by atoms with Crippen LogP contribution in [0.4, 0.5) is 0 Å². The molecule has 0 radical (unpaired) electrons. The molecule has 5 heteroatoms. The molecule has 642 valence electrons. The quantitative estimate of drug-likeness (QED) is 0.191. The second-order valence-electron chi connectivity index (χ2n) is 50.6. The van der Waals surface area contributed by atoms with Gasteiger partial charge in [0.1, 0.15) is 0 Å². The van der Waals surface area contributed by atoms with Gasteiger partial charge in [-0.1, -0.05) is 295 Å². The third kappa shape index (κ3) is 13.9. The van der Waals surface area contributed by atoms with Gasteiger partial charge in [-0.2, -0.15) is 0 Å². The van der Waals surface area contributed by atoms with Gasteiger partial charge >= 0.3 is 0 Å². The van der Waals surface area contributed by atoms with Crippen LogP contribution in [0.25, 0.3) is 0 Å². The summed E-state index contributed by atoms with van der Waals surface area (Å²) in [5.74, 6) is 29.9. The van der Waals surface area contributed by atoms with Crippen LogP contribution in [0.1, 0.15) is 443 Å². The molecule has 31 atom stereocenters. The fourth-order valence-electron chi connectivity index (χ4n) is 43.7. The van der Waals surface area contributed by atoms with E-state index in [-0.39, 0.29) is 0 Å². The lowest BCUT2D eigenvalue weighted by molar-refractivity contribution is -0.155. The maximum absolute atomic E-state index is 4.14. The van der Waals surface area contributed by atoms with Crippen LogP contribution in [-0.4, -0.2) is 98.8 Å². The Balaban J connectivity index is 0.703. The monoisotopic (exact) mass is 1570 g/mol. The zero-order valence-corrected chi connectivity index (χ0v) is 74.8. The molecule has 0 aromatic heterocycles. The van der Waals surface area contributed by atoms with E-state index in [0.29, 0.717) is 0 Å². The van der Waals surface area contributed by atoms with Crippen molar-refractivity contribution in [1.29, 1.82) is 0 Å². The first kappa shape index (κ1) is 78.4. The summed E-state index contributed by atoms with van der Waals surface area (Å²) in [6, 6.07) is 10.4. The standard InChI is InChI=1S/C110H179BN4/c1-7-30-70(31-8-1)80-61-91(72-34-11-3-12-35-72)109(92(62-80)73-36-13-4-14-37-73)114-102-59-56-77(79-60-78-44-29-50-89-88-49-27-42-76-43-28-51-90(106(76)88)95(65-79)107(78)89)66-97(102)111-96-58-57-82(112-98-52-23-19-45-84(98)85-46-20-24-53-99(85)112)67-103(96)115(105-69-83(68-104(114)108(105)111)113-100-54-25-21-47-86(100)87-48-22-26-55-101(87)113)110-93(74-38-15-5-16-39-74)63-81(71-32-9-2-10-33-71)64-94(110)75-40-17-6-18-41-75/h70-110H,1-69H2. The first-order chi connectivity index (χ1) is 57.1. The Kier molecular flexibility index (Phi) is 23.1. The molecule has 0 aromatic carbocycles. The largest absolute Gasteiger partial charge is 0.295 e. The molecular formula is C110H179BN4. The normalized spacial score (nSPS) is 52.3. The van der Waals surface area contributed by atoms with Crippen molar-refractivity contribution >= 4 is 6.71 Å². The van der Waals surface area contributed by atoms with Crippen molar-refractivity contribution in [2.75, 3.05) is 0 Å². The minimum Gasteiger partial charge on any atom is -0.295 e. The highest BCUT2D eigenvalue weighted by Crippen LogP contribution is 2.72. The summed E-state index contributed by atoms with van der Waals surface area (Å²) in [5.41, 5.74) is 0. The topological polar surface area (TPSA) is 13.0 Å². The van der Waals surface area contributed by atoms with Gasteiger partial charge in [0.25, 0.3) is 0 Å². The van der Waals surface area contributed by atoms with E-state index in [1.54, 1.807) is 443 Å². The zero-order valence-electron chi connectivity index (χ0n) is 74.8. The average molecular weight is 1570 g/mol. The van der Waals surface area contributed by atoms with E-state index in [1.807, 2.05) is 0 Å². The molecule has 31 unspecified atom stereocenters. The number of likely N-dealkylation sites (tertiary alicyclic amines) is 2. The summed E-state index contributed by atoms with van der Waals surface area (Å²) in [5, 5.41) is 0. The van der Waals surface area contributed by atoms with Crippen molar-refractivity contribution in [2.45, 2.75) is 533 Å². The third-order valence-corrected chi connectivity index (χ3v) is 47.0. The molecule has 24 aliphatic rings. The Labute approximate surface area is 708 Å². The van der Waals surface area contributed by atoms with E-state index >= 15 is 0 Å². The minimum atomic E-state index is 0.817. The van der Waals surface area contributed by atoms with Gasteiger partial charge in [-0.05, 0) is 319 Å². The second-order valence-corrected chi connectivity index (χ2v) is 50.6. The van der Waals surface area contributed by atoms with E-state index in [4.69, 9.17) is 0 Å². The number of fused-ring (bicyclic) bond motifs is 12. The maximum Gasteiger partial charge on any atom is 0.156 e. The molecule has 20 aliphatic carbocycles. The first-order valence-electron chi connectivity index (χ1n) is 56.2. The van der Waals surface area contributed by atoms with Crippen LogP contribution >= 0.6 is 0 Å². The molecule has 24 fully saturated rings. The van der Waals surface area contributed by atoms with Gasteiger partial charge in [-0.15, -0.1) is 0 Å². The van der Waals surface area contributed by atoms with E-state index in [0.717, 1.165) is 251 Å². The fourth-order valence-corrected chi connectivity index (χ4v) is 43.7. The van der Waals surface area contributed by atoms with Crippen LogP contribution in [0.2, 0.25) is 17.5 Å². The Morgan fingerprint density at radius 3 is 0.922 bits per heavy atom. The van der Waals surface area contributed by atoms with Crippen molar-refractivity contribution in [1.82, 2.24) is 19.6 Å². The van der Waals surface area contributed by atoms with Crippen LogP contribution in [0.3, 0.4) is 0 Å². The van der Waals surface area contributed by atoms with Gasteiger partial charge in [0.05, 0.1) is 0 Å². The molecule has 0 amide bonds. The Morgan fingerprint density at radius 1 is 0.148 bits per heavy atom. The van der Waals surface area contributed by atoms with Crippen molar-refractivity contribution < 1.29 is 0 Å². The molecule has 4 nitrogen and oxygen atoms in total. The number of hydrogen-bond donors (Lipinski definition) is 0. The SMILES string of the molecule is C1CCC(C2CC(C3CCCCC3)C(N3C4CCC(C5CC6CCCC7C8CCCC9CCCC(C(C5)C67)C98)CC4B4C5CCC(N6C7CCCCC7C7CCCCC76)CC5N(C5C(C6CCCCC6)CC(C6CCCCC6)CC5C5CCCCC5)C5CC(N6C7CCCCC7C7CCCCC76)CC3C45)C(C3CCCCC3)C2)CC1. The van der Waals surface area contributed by atoms with Gasteiger partial charge in [-0.25, -0.2) is 0 Å². The van der Waals surface area contributed by atoms with Gasteiger partial charge in [0, 0.05) is 72.5 Å². The molecule has 0 spiro atoms. The molecule has 0 N–H and O–H groups in total. The van der Waals surface area contributed by atoms with Crippen molar-refractivity contribution in [3.05, 3.63) is 0 Å².